The molecule has 1 aromatic rings. The fourth-order valence-corrected chi connectivity index (χ4v) is 3.01. The predicted molar refractivity (Wildman–Crippen MR) is 102 cm³/mol. The summed E-state index contributed by atoms with van der Waals surface area (Å²) in [7, 11) is 0. The van der Waals surface area contributed by atoms with E-state index in [0.29, 0.717) is 0 Å². The van der Waals surface area contributed by atoms with E-state index in [1.54, 1.807) is 27.7 Å². The maximum Gasteiger partial charge on any atom is 0.315 e. The third-order valence-corrected chi connectivity index (χ3v) is 5.69. The number of urea groups is 1. The number of amides is 2. The van der Waals surface area contributed by atoms with Crippen molar-refractivity contribution < 1.29 is 14.7 Å². The van der Waals surface area contributed by atoms with Crippen molar-refractivity contribution in [2.24, 2.45) is 5.41 Å². The van der Waals surface area contributed by atoms with Crippen molar-refractivity contribution in [2.45, 2.75) is 58.7 Å². The van der Waals surface area contributed by atoms with Gasteiger partial charge in [-0.25, -0.2) is 4.79 Å². The lowest BCUT2D eigenvalue weighted by Crippen LogP contribution is -2.60. The first-order chi connectivity index (χ1) is 12.1. The lowest BCUT2D eigenvalue weighted by molar-refractivity contribution is -0.150. The number of carboxylic acids is 1. The molecule has 1 aliphatic rings. The van der Waals surface area contributed by atoms with Gasteiger partial charge in [-0.15, -0.1) is 0 Å². The number of aliphatic carboxylic acids is 1. The van der Waals surface area contributed by atoms with Crippen LogP contribution in [0.1, 0.15) is 46.1 Å². The molecule has 1 heterocycles. The summed E-state index contributed by atoms with van der Waals surface area (Å²) in [5.41, 5.74) is -0.630. The first-order valence-corrected chi connectivity index (χ1v) is 9.20. The minimum atomic E-state index is -1.07. The van der Waals surface area contributed by atoms with Crippen LogP contribution in [0, 0.1) is 5.41 Å². The second-order valence-corrected chi connectivity index (χ2v) is 8.19. The first-order valence-electron chi connectivity index (χ1n) is 9.20. The van der Waals surface area contributed by atoms with Crippen LogP contribution in [0.5, 0.6) is 0 Å². The number of rotatable bonds is 6. The Balaban J connectivity index is 1.80. The fourth-order valence-electron chi connectivity index (χ4n) is 3.01. The van der Waals surface area contributed by atoms with Gasteiger partial charge in [-0.1, -0.05) is 30.3 Å². The maximum atomic E-state index is 12.3. The van der Waals surface area contributed by atoms with Gasteiger partial charge in [-0.05, 0) is 46.1 Å². The van der Waals surface area contributed by atoms with Crippen molar-refractivity contribution in [3.8, 4) is 0 Å². The van der Waals surface area contributed by atoms with E-state index >= 15 is 0 Å². The molecule has 6 nitrogen and oxygen atoms in total. The van der Waals surface area contributed by atoms with Crippen LogP contribution in [0.25, 0.3) is 0 Å². The minimum Gasteiger partial charge on any atom is -0.481 e. The Labute approximate surface area is 156 Å². The molecule has 1 aromatic carbocycles. The summed E-state index contributed by atoms with van der Waals surface area (Å²) in [6.45, 7) is 9.52. The zero-order valence-corrected chi connectivity index (χ0v) is 16.2. The molecule has 3 N–H and O–H groups in total. The largest absolute Gasteiger partial charge is 0.481 e. The van der Waals surface area contributed by atoms with E-state index in [1.807, 2.05) is 18.2 Å². The summed E-state index contributed by atoms with van der Waals surface area (Å²) in [6.07, 6.45) is 1.78. The van der Waals surface area contributed by atoms with Crippen LogP contribution in [0.3, 0.4) is 0 Å². The van der Waals surface area contributed by atoms with E-state index < -0.39 is 16.9 Å². The highest BCUT2D eigenvalue weighted by Gasteiger charge is 2.44. The Hall–Kier alpha value is -2.08. The Morgan fingerprint density at radius 3 is 2.23 bits per heavy atom. The quantitative estimate of drug-likeness (QED) is 0.728. The number of carbonyl (C=O) groups is 2. The van der Waals surface area contributed by atoms with Crippen LogP contribution < -0.4 is 10.6 Å². The van der Waals surface area contributed by atoms with Crippen molar-refractivity contribution in [2.75, 3.05) is 13.1 Å². The van der Waals surface area contributed by atoms with Crippen LogP contribution in [-0.4, -0.2) is 46.7 Å². The van der Waals surface area contributed by atoms with E-state index in [1.165, 1.54) is 5.56 Å². The molecule has 0 atom stereocenters. The van der Waals surface area contributed by atoms with Crippen LogP contribution in [0.2, 0.25) is 0 Å². The molecule has 2 rings (SSSR count). The van der Waals surface area contributed by atoms with Crippen molar-refractivity contribution in [3.63, 3.8) is 0 Å². The fraction of sp³-hybridized carbons (Fsp3) is 0.600. The number of benzene rings is 1. The molecule has 0 radical (unpaired) electrons. The minimum absolute atomic E-state index is 0.116. The van der Waals surface area contributed by atoms with Gasteiger partial charge in [-0.2, -0.15) is 0 Å². The topological polar surface area (TPSA) is 81.7 Å². The Bertz CT molecular complexity index is 620. The molecule has 6 heteroatoms. The van der Waals surface area contributed by atoms with Crippen molar-refractivity contribution in [3.05, 3.63) is 35.9 Å². The summed E-state index contributed by atoms with van der Waals surface area (Å²) in [4.78, 5) is 26.2. The summed E-state index contributed by atoms with van der Waals surface area (Å²) in [5.74, 6) is -0.933. The SMILES string of the molecule is CC(C)(NC(=O)NC1CCN(Cc2ccccc2)CC1)C(C)(C)C(=O)O. The van der Waals surface area contributed by atoms with E-state index in [-0.39, 0.29) is 12.1 Å². The molecule has 0 bridgehead atoms. The Morgan fingerprint density at radius 1 is 1.12 bits per heavy atom. The van der Waals surface area contributed by atoms with Gasteiger partial charge in [0.25, 0.3) is 0 Å². The average molecular weight is 361 g/mol. The molecule has 0 aromatic heterocycles. The van der Waals surface area contributed by atoms with E-state index in [9.17, 15) is 14.7 Å². The third kappa shape index (κ3) is 4.97. The molecule has 1 fully saturated rings. The number of hydrogen-bond acceptors (Lipinski definition) is 3. The molecule has 0 aliphatic carbocycles. The van der Waals surface area contributed by atoms with Crippen molar-refractivity contribution in [1.82, 2.24) is 15.5 Å². The number of carbonyl (C=O) groups excluding carboxylic acids is 1. The van der Waals surface area contributed by atoms with E-state index in [0.717, 1.165) is 32.5 Å². The second-order valence-electron chi connectivity index (χ2n) is 8.19. The standard InChI is InChI=1S/C20H31N3O3/c1-19(2,17(24)25)20(3,4)22-18(26)21-16-10-12-23(13-11-16)14-15-8-6-5-7-9-15/h5-9,16H,10-14H2,1-4H3,(H,24,25)(H2,21,22,26). The Morgan fingerprint density at radius 2 is 1.69 bits per heavy atom. The molecule has 26 heavy (non-hydrogen) atoms. The van der Waals surface area contributed by atoms with E-state index in [2.05, 4.69) is 27.7 Å². The molecule has 0 saturated carbocycles. The van der Waals surface area contributed by atoms with Crippen molar-refractivity contribution >= 4 is 12.0 Å². The van der Waals surface area contributed by atoms with Gasteiger partial charge < -0.3 is 15.7 Å². The van der Waals surface area contributed by atoms with Crippen LogP contribution in [0.15, 0.2) is 30.3 Å². The normalized spacial score (nSPS) is 16.9. The smallest absolute Gasteiger partial charge is 0.315 e. The van der Waals surface area contributed by atoms with Crippen LogP contribution >= 0.6 is 0 Å². The van der Waals surface area contributed by atoms with Gasteiger partial charge in [0, 0.05) is 25.7 Å². The number of hydrogen-bond donors (Lipinski definition) is 3. The average Bonchev–Trinajstić information content (AvgIpc) is 2.56. The van der Waals surface area contributed by atoms with Gasteiger partial charge >= 0.3 is 12.0 Å². The van der Waals surface area contributed by atoms with Gasteiger partial charge in [0.1, 0.15) is 0 Å². The molecule has 0 spiro atoms. The first kappa shape index (κ1) is 20.2. The van der Waals surface area contributed by atoms with Crippen molar-refractivity contribution in [1.29, 1.82) is 0 Å². The third-order valence-electron chi connectivity index (χ3n) is 5.69. The molecule has 1 saturated heterocycles. The van der Waals surface area contributed by atoms with Crippen LogP contribution in [-0.2, 0) is 11.3 Å². The molecular weight excluding hydrogens is 330 g/mol. The molecule has 2 amide bonds. The molecule has 144 valence electrons. The number of piperidine rings is 1. The maximum absolute atomic E-state index is 12.3. The monoisotopic (exact) mass is 361 g/mol. The Kier molecular flexibility index (Phi) is 6.29. The number of nitrogens with zero attached hydrogens (tertiary/aromatic N) is 1. The van der Waals surface area contributed by atoms with Gasteiger partial charge in [0.05, 0.1) is 11.0 Å². The molecule has 0 unspecified atom stereocenters. The molecular formula is C20H31N3O3. The summed E-state index contributed by atoms with van der Waals surface area (Å²) >= 11 is 0. The number of nitrogens with one attached hydrogen (secondary N) is 2. The lowest BCUT2D eigenvalue weighted by atomic mass is 9.74. The highest BCUT2D eigenvalue weighted by atomic mass is 16.4. The summed E-state index contributed by atoms with van der Waals surface area (Å²) < 4.78 is 0. The summed E-state index contributed by atoms with van der Waals surface area (Å²) in [6, 6.07) is 10.2. The summed E-state index contributed by atoms with van der Waals surface area (Å²) in [5, 5.41) is 15.2. The highest BCUT2D eigenvalue weighted by molar-refractivity contribution is 5.79. The van der Waals surface area contributed by atoms with Gasteiger partial charge in [0.2, 0.25) is 0 Å². The highest BCUT2D eigenvalue weighted by Crippen LogP contribution is 2.30. The second kappa shape index (κ2) is 8.08. The lowest BCUT2D eigenvalue weighted by Gasteiger charge is -2.39. The molecule has 1 aliphatic heterocycles. The van der Waals surface area contributed by atoms with Crippen LogP contribution in [0.4, 0.5) is 4.79 Å². The zero-order chi connectivity index (χ0) is 19.4. The van der Waals surface area contributed by atoms with Gasteiger partial charge in [0.15, 0.2) is 0 Å². The number of likely N-dealkylation sites (tertiary alicyclic amines) is 1. The zero-order valence-electron chi connectivity index (χ0n) is 16.2. The number of carboxylic acid groups (broad SMARTS) is 1. The predicted octanol–water partition coefficient (Wildman–Crippen LogP) is 2.84. The van der Waals surface area contributed by atoms with E-state index in [4.69, 9.17) is 0 Å². The van der Waals surface area contributed by atoms with Gasteiger partial charge in [-0.3, -0.25) is 9.69 Å².